The van der Waals surface area contributed by atoms with Gasteiger partial charge in [-0.1, -0.05) is 13.8 Å². The van der Waals surface area contributed by atoms with Gasteiger partial charge < -0.3 is 14.2 Å². The summed E-state index contributed by atoms with van der Waals surface area (Å²) in [4.78, 5) is 24.9. The lowest BCUT2D eigenvalue weighted by atomic mass is 9.50. The van der Waals surface area contributed by atoms with Crippen molar-refractivity contribution in [2.24, 2.45) is 35.5 Å². The van der Waals surface area contributed by atoms with E-state index >= 15 is 0 Å². The second-order valence-corrected chi connectivity index (χ2v) is 8.73. The van der Waals surface area contributed by atoms with Crippen LogP contribution in [0.25, 0.3) is 0 Å². The fourth-order valence-electron chi connectivity index (χ4n) is 5.32. The van der Waals surface area contributed by atoms with Crippen LogP contribution in [0.3, 0.4) is 0 Å². The van der Waals surface area contributed by atoms with Crippen LogP contribution in [0.1, 0.15) is 59.8 Å². The van der Waals surface area contributed by atoms with E-state index in [4.69, 9.17) is 14.2 Å². The Labute approximate surface area is 150 Å². The van der Waals surface area contributed by atoms with Crippen molar-refractivity contribution in [3.8, 4) is 0 Å². The van der Waals surface area contributed by atoms with E-state index in [1.54, 1.807) is 20.8 Å². The van der Waals surface area contributed by atoms with Crippen LogP contribution in [0.2, 0.25) is 0 Å². The minimum Gasteiger partial charge on any atom is -0.459 e. The predicted molar refractivity (Wildman–Crippen MR) is 92.4 cm³/mol. The summed E-state index contributed by atoms with van der Waals surface area (Å²) in [5, 5.41) is 0. The molecule has 4 aliphatic rings. The summed E-state index contributed by atoms with van der Waals surface area (Å²) in [5.41, 5.74) is -0.359. The average Bonchev–Trinajstić information content (AvgIpc) is 2.57. The molecule has 0 aliphatic heterocycles. The number of hydrogen-bond acceptors (Lipinski definition) is 5. The molecule has 0 aromatic rings. The highest BCUT2D eigenvalue weighted by Crippen LogP contribution is 2.59. The number of carbonyl (C=O) groups is 2. The Kier molecular flexibility index (Phi) is 5.16. The quantitative estimate of drug-likeness (QED) is 0.540. The van der Waals surface area contributed by atoms with Crippen LogP contribution in [0.4, 0.5) is 0 Å². The van der Waals surface area contributed by atoms with E-state index < -0.39 is 24.1 Å². The standard InChI is InChI=1S/C20H32O5/c1-11(18(21)24-13(3)23-5)12(2)19(22)25-20(4)16-7-14-6-15(9-16)10-17(20)8-14/h11-17H,6-10H2,1-5H3. The van der Waals surface area contributed by atoms with E-state index in [0.717, 1.165) is 11.8 Å². The molecule has 4 fully saturated rings. The molecule has 0 aromatic carbocycles. The lowest BCUT2D eigenvalue weighted by Crippen LogP contribution is -2.58. The molecule has 0 heterocycles. The number of rotatable bonds is 6. The largest absolute Gasteiger partial charge is 0.459 e. The fraction of sp³-hybridized carbons (Fsp3) is 0.900. The van der Waals surface area contributed by atoms with Crippen molar-refractivity contribution in [1.82, 2.24) is 0 Å². The maximum atomic E-state index is 12.8. The van der Waals surface area contributed by atoms with E-state index in [0.29, 0.717) is 11.8 Å². The first-order valence-corrected chi connectivity index (χ1v) is 9.70. The number of methoxy groups -OCH3 is 1. The molecule has 0 radical (unpaired) electrons. The smallest absolute Gasteiger partial charge is 0.311 e. The second-order valence-electron chi connectivity index (χ2n) is 8.73. The Morgan fingerprint density at radius 2 is 1.36 bits per heavy atom. The molecule has 0 spiro atoms. The molecule has 4 aliphatic carbocycles. The highest BCUT2D eigenvalue weighted by molar-refractivity contribution is 5.81. The molecule has 5 nitrogen and oxygen atoms in total. The van der Waals surface area contributed by atoms with Gasteiger partial charge in [0.1, 0.15) is 5.60 Å². The van der Waals surface area contributed by atoms with Crippen LogP contribution in [-0.2, 0) is 23.8 Å². The Bertz CT molecular complexity index is 500. The molecule has 0 aromatic heterocycles. The minimum atomic E-state index is -0.611. The van der Waals surface area contributed by atoms with Crippen molar-refractivity contribution in [3.05, 3.63) is 0 Å². The normalized spacial score (nSPS) is 39.6. The first-order chi connectivity index (χ1) is 11.7. The van der Waals surface area contributed by atoms with Crippen molar-refractivity contribution >= 4 is 11.9 Å². The van der Waals surface area contributed by atoms with Gasteiger partial charge >= 0.3 is 11.9 Å². The topological polar surface area (TPSA) is 61.8 Å². The number of esters is 2. The monoisotopic (exact) mass is 352 g/mol. The van der Waals surface area contributed by atoms with Crippen molar-refractivity contribution < 1.29 is 23.8 Å². The predicted octanol–water partition coefficient (Wildman–Crippen LogP) is 3.55. The van der Waals surface area contributed by atoms with Gasteiger partial charge in [0.2, 0.25) is 0 Å². The molecule has 25 heavy (non-hydrogen) atoms. The summed E-state index contributed by atoms with van der Waals surface area (Å²) >= 11 is 0. The van der Waals surface area contributed by atoms with Gasteiger partial charge in [0.25, 0.3) is 0 Å². The molecular formula is C20H32O5. The highest BCUT2D eigenvalue weighted by Gasteiger charge is 2.57. The van der Waals surface area contributed by atoms with Gasteiger partial charge in [0.05, 0.1) is 11.8 Å². The Hall–Kier alpha value is -1.10. The molecule has 4 bridgehead atoms. The molecule has 142 valence electrons. The van der Waals surface area contributed by atoms with Crippen LogP contribution >= 0.6 is 0 Å². The van der Waals surface area contributed by atoms with Crippen LogP contribution < -0.4 is 0 Å². The molecule has 4 rings (SSSR count). The molecule has 0 N–H and O–H groups in total. The van der Waals surface area contributed by atoms with Crippen molar-refractivity contribution in [3.63, 3.8) is 0 Å². The Balaban J connectivity index is 1.62. The average molecular weight is 352 g/mol. The number of carbonyl (C=O) groups excluding carboxylic acids is 2. The summed E-state index contributed by atoms with van der Waals surface area (Å²) in [7, 11) is 1.48. The van der Waals surface area contributed by atoms with Gasteiger partial charge in [-0.2, -0.15) is 0 Å². The van der Waals surface area contributed by atoms with Crippen LogP contribution in [0.5, 0.6) is 0 Å². The lowest BCUT2D eigenvalue weighted by Gasteiger charge is -2.59. The van der Waals surface area contributed by atoms with Gasteiger partial charge in [-0.15, -0.1) is 0 Å². The number of ether oxygens (including phenoxy) is 3. The third-order valence-corrected chi connectivity index (χ3v) is 7.19. The number of hydrogen-bond donors (Lipinski definition) is 0. The molecule has 3 unspecified atom stereocenters. The minimum absolute atomic E-state index is 0.274. The fourth-order valence-corrected chi connectivity index (χ4v) is 5.32. The summed E-state index contributed by atoms with van der Waals surface area (Å²) in [6.07, 6.45) is 5.51. The van der Waals surface area contributed by atoms with Gasteiger partial charge in [-0.25, -0.2) is 0 Å². The van der Waals surface area contributed by atoms with Crippen molar-refractivity contribution in [2.75, 3.05) is 7.11 Å². The summed E-state index contributed by atoms with van der Waals surface area (Å²) in [6, 6.07) is 0. The lowest BCUT2D eigenvalue weighted by molar-refractivity contribution is -0.209. The maximum Gasteiger partial charge on any atom is 0.311 e. The molecule has 0 amide bonds. The summed E-state index contributed by atoms with van der Waals surface area (Å²) < 4.78 is 16.2. The van der Waals surface area contributed by atoms with Gasteiger partial charge in [0, 0.05) is 7.11 Å². The Morgan fingerprint density at radius 1 is 0.880 bits per heavy atom. The third-order valence-electron chi connectivity index (χ3n) is 7.19. The second kappa shape index (κ2) is 6.90. The zero-order valence-corrected chi connectivity index (χ0v) is 16.1. The zero-order chi connectivity index (χ0) is 18.4. The molecule has 0 saturated heterocycles. The molecule has 3 atom stereocenters. The SMILES string of the molecule is COC(C)OC(=O)C(C)C(C)C(=O)OC1(C)C2CC3CC(C2)CC1C3. The Morgan fingerprint density at radius 3 is 1.84 bits per heavy atom. The van der Waals surface area contributed by atoms with Gasteiger partial charge in [0.15, 0.2) is 6.29 Å². The van der Waals surface area contributed by atoms with Gasteiger partial charge in [-0.05, 0) is 69.6 Å². The van der Waals surface area contributed by atoms with E-state index in [9.17, 15) is 9.59 Å². The highest BCUT2D eigenvalue weighted by atomic mass is 16.7. The van der Waals surface area contributed by atoms with E-state index in [-0.39, 0.29) is 11.6 Å². The van der Waals surface area contributed by atoms with E-state index in [2.05, 4.69) is 6.92 Å². The van der Waals surface area contributed by atoms with Crippen molar-refractivity contribution in [1.29, 1.82) is 0 Å². The van der Waals surface area contributed by atoms with Crippen LogP contribution in [-0.4, -0.2) is 30.9 Å². The molecule has 4 saturated carbocycles. The van der Waals surface area contributed by atoms with E-state index in [1.165, 1.54) is 39.2 Å². The summed E-state index contributed by atoms with van der Waals surface area (Å²) in [6.45, 7) is 7.25. The van der Waals surface area contributed by atoms with Crippen LogP contribution in [0, 0.1) is 35.5 Å². The molecular weight excluding hydrogens is 320 g/mol. The third kappa shape index (κ3) is 3.44. The molecule has 5 heteroatoms. The van der Waals surface area contributed by atoms with Crippen LogP contribution in [0.15, 0.2) is 0 Å². The van der Waals surface area contributed by atoms with Gasteiger partial charge in [-0.3, -0.25) is 9.59 Å². The van der Waals surface area contributed by atoms with E-state index in [1.807, 2.05) is 0 Å². The first kappa shape index (κ1) is 18.7. The first-order valence-electron chi connectivity index (χ1n) is 9.70. The zero-order valence-electron chi connectivity index (χ0n) is 16.1. The maximum absolute atomic E-state index is 12.8. The van der Waals surface area contributed by atoms with Crippen molar-refractivity contribution in [2.45, 2.75) is 71.7 Å². The summed E-state index contributed by atoms with van der Waals surface area (Å²) in [5.74, 6) is 0.855.